The van der Waals surface area contributed by atoms with Crippen LogP contribution in [0.25, 0.3) is 10.9 Å². The lowest BCUT2D eigenvalue weighted by Crippen LogP contribution is -2.46. The van der Waals surface area contributed by atoms with E-state index in [4.69, 9.17) is 0 Å². The number of aromatic nitrogens is 1. The van der Waals surface area contributed by atoms with E-state index in [1.807, 2.05) is 42.2 Å². The van der Waals surface area contributed by atoms with Crippen LogP contribution in [0, 0.1) is 11.8 Å². The van der Waals surface area contributed by atoms with Gasteiger partial charge in [0.25, 0.3) is 0 Å². The number of carbonyl (C=O) groups is 2. The Morgan fingerprint density at radius 3 is 2.35 bits per heavy atom. The van der Waals surface area contributed by atoms with Crippen LogP contribution < -0.4 is 4.90 Å². The molecule has 3 aromatic rings. The molecular weight excluding hydrogens is 460 g/mol. The number of nitrogens with zero attached hydrogens (tertiary/aromatic N) is 3. The molecule has 1 aliphatic carbocycles. The predicted molar refractivity (Wildman–Crippen MR) is 152 cm³/mol. The number of amides is 2. The van der Waals surface area contributed by atoms with Crippen molar-refractivity contribution in [3.05, 3.63) is 65.9 Å². The molecule has 0 aliphatic heterocycles. The molecule has 0 spiro atoms. The lowest BCUT2D eigenvalue weighted by Gasteiger charge is -2.30. The second-order valence-electron chi connectivity index (χ2n) is 11.1. The molecule has 0 atom stereocenters. The van der Waals surface area contributed by atoms with Gasteiger partial charge >= 0.3 is 0 Å². The van der Waals surface area contributed by atoms with Crippen LogP contribution in [0.3, 0.4) is 0 Å². The van der Waals surface area contributed by atoms with Gasteiger partial charge < -0.3 is 19.7 Å². The third-order valence-electron chi connectivity index (χ3n) is 7.43. The van der Waals surface area contributed by atoms with E-state index in [0.29, 0.717) is 25.6 Å². The van der Waals surface area contributed by atoms with Gasteiger partial charge in [0.05, 0.1) is 6.54 Å². The summed E-state index contributed by atoms with van der Waals surface area (Å²) < 4.78 is 0. The molecule has 198 valence electrons. The topological polar surface area (TPSA) is 59.7 Å². The molecule has 6 nitrogen and oxygen atoms in total. The molecule has 1 heterocycles. The highest BCUT2D eigenvalue weighted by Crippen LogP contribution is 2.27. The summed E-state index contributed by atoms with van der Waals surface area (Å²) in [7, 11) is 4.05. The fraction of sp³-hybridized carbons (Fsp3) is 0.484. The van der Waals surface area contributed by atoms with Crippen LogP contribution in [-0.2, 0) is 22.6 Å². The summed E-state index contributed by atoms with van der Waals surface area (Å²) in [5, 5.41) is 1.20. The Balaban J connectivity index is 1.52. The number of rotatable bonds is 11. The number of nitrogens with one attached hydrogen (secondary N) is 1. The van der Waals surface area contributed by atoms with Gasteiger partial charge in [-0.25, -0.2) is 0 Å². The van der Waals surface area contributed by atoms with Crippen molar-refractivity contribution in [2.24, 2.45) is 11.8 Å². The highest BCUT2D eigenvalue weighted by Gasteiger charge is 2.30. The number of fused-ring (bicyclic) bond motifs is 1. The van der Waals surface area contributed by atoms with Crippen LogP contribution in [0.15, 0.2) is 54.7 Å². The molecule has 1 aromatic heterocycles. The van der Waals surface area contributed by atoms with E-state index in [-0.39, 0.29) is 24.3 Å². The number of anilines is 1. The first-order valence-corrected chi connectivity index (χ1v) is 13.7. The lowest BCUT2D eigenvalue weighted by atomic mass is 10.1. The summed E-state index contributed by atoms with van der Waals surface area (Å²) in [6.45, 7) is 6.12. The molecule has 0 bridgehead atoms. The molecule has 1 N–H and O–H groups in total. The van der Waals surface area contributed by atoms with Gasteiger partial charge in [0.2, 0.25) is 11.8 Å². The van der Waals surface area contributed by atoms with Crippen LogP contribution in [0.2, 0.25) is 0 Å². The Hall–Kier alpha value is -3.28. The number of H-pyrrole nitrogens is 1. The van der Waals surface area contributed by atoms with Crippen LogP contribution in [-0.4, -0.2) is 60.3 Å². The maximum atomic E-state index is 13.8. The van der Waals surface area contributed by atoms with E-state index >= 15 is 0 Å². The molecule has 2 amide bonds. The smallest absolute Gasteiger partial charge is 0.242 e. The lowest BCUT2D eigenvalue weighted by molar-refractivity contribution is -0.143. The molecule has 4 rings (SSSR count). The van der Waals surface area contributed by atoms with Crippen LogP contribution in [0.5, 0.6) is 0 Å². The Kier molecular flexibility index (Phi) is 8.91. The highest BCUT2D eigenvalue weighted by molar-refractivity contribution is 5.86. The maximum absolute atomic E-state index is 13.8. The number of carbonyl (C=O) groups excluding carboxylic acids is 2. The largest absolute Gasteiger partial charge is 0.378 e. The van der Waals surface area contributed by atoms with Crippen molar-refractivity contribution in [3.8, 4) is 0 Å². The fourth-order valence-corrected chi connectivity index (χ4v) is 5.37. The minimum Gasteiger partial charge on any atom is -0.378 e. The van der Waals surface area contributed by atoms with Gasteiger partial charge in [-0.15, -0.1) is 0 Å². The normalized spacial score (nSPS) is 13.9. The van der Waals surface area contributed by atoms with E-state index in [9.17, 15) is 9.59 Å². The molecule has 0 saturated heterocycles. The summed E-state index contributed by atoms with van der Waals surface area (Å²) in [5.41, 5.74) is 4.54. The first kappa shape index (κ1) is 26.8. The van der Waals surface area contributed by atoms with Crippen LogP contribution in [0.4, 0.5) is 5.69 Å². The van der Waals surface area contributed by atoms with E-state index in [1.165, 1.54) is 10.9 Å². The quantitative estimate of drug-likeness (QED) is 0.378. The SMILES string of the molecule is CC(C)CN(CC(=O)N(CCc1c[nH]c2ccccc12)Cc1ccc(N(C)C)cc1)C(=O)C1CCCC1. The third-order valence-corrected chi connectivity index (χ3v) is 7.43. The first-order valence-electron chi connectivity index (χ1n) is 13.7. The highest BCUT2D eigenvalue weighted by atomic mass is 16.2. The Bertz CT molecular complexity index is 1180. The first-order chi connectivity index (χ1) is 17.8. The van der Waals surface area contributed by atoms with Crippen molar-refractivity contribution in [1.82, 2.24) is 14.8 Å². The summed E-state index contributed by atoms with van der Waals surface area (Å²) in [5.74, 6) is 0.566. The van der Waals surface area contributed by atoms with E-state index < -0.39 is 0 Å². The van der Waals surface area contributed by atoms with E-state index in [0.717, 1.165) is 48.9 Å². The standard InChI is InChI=1S/C31H42N4O2/c1-23(2)20-35(31(37)25-9-5-6-10-25)22-30(36)34(21-24-13-15-27(16-14-24)33(3)4)18-17-26-19-32-29-12-8-7-11-28(26)29/h7-8,11-16,19,23,25,32H,5-6,9-10,17-18,20-22H2,1-4H3. The van der Waals surface area contributed by atoms with Gasteiger partial charge in [0.1, 0.15) is 0 Å². The zero-order chi connectivity index (χ0) is 26.4. The second kappa shape index (κ2) is 12.3. The molecular formula is C31H42N4O2. The predicted octanol–water partition coefficient (Wildman–Crippen LogP) is 5.48. The van der Waals surface area contributed by atoms with Gasteiger partial charge in [-0.05, 0) is 54.5 Å². The zero-order valence-corrected chi connectivity index (χ0v) is 22.9. The fourth-order valence-electron chi connectivity index (χ4n) is 5.37. The maximum Gasteiger partial charge on any atom is 0.242 e. The Morgan fingerprint density at radius 2 is 1.68 bits per heavy atom. The van der Waals surface area contributed by atoms with Crippen molar-refractivity contribution >= 4 is 28.4 Å². The summed E-state index contributed by atoms with van der Waals surface area (Å²) in [6.07, 6.45) is 6.92. The minimum absolute atomic E-state index is 0.0172. The van der Waals surface area contributed by atoms with Crippen molar-refractivity contribution in [2.45, 2.75) is 52.5 Å². The average Bonchev–Trinajstić information content (AvgIpc) is 3.56. The van der Waals surface area contributed by atoms with Crippen molar-refractivity contribution in [2.75, 3.05) is 38.6 Å². The summed E-state index contributed by atoms with van der Waals surface area (Å²) >= 11 is 0. The van der Waals surface area contributed by atoms with E-state index in [2.05, 4.69) is 60.1 Å². The molecule has 1 saturated carbocycles. The number of benzene rings is 2. The third kappa shape index (κ3) is 6.94. The van der Waals surface area contributed by atoms with Gasteiger partial charge in [-0.2, -0.15) is 0 Å². The number of para-hydroxylation sites is 1. The monoisotopic (exact) mass is 502 g/mol. The van der Waals surface area contributed by atoms with Crippen LogP contribution >= 0.6 is 0 Å². The second-order valence-corrected chi connectivity index (χ2v) is 11.1. The van der Waals surface area contributed by atoms with Gasteiger partial charge in [0.15, 0.2) is 0 Å². The Labute approximate surface area is 221 Å². The zero-order valence-electron chi connectivity index (χ0n) is 22.9. The van der Waals surface area contributed by atoms with Crippen molar-refractivity contribution in [3.63, 3.8) is 0 Å². The number of hydrogen-bond donors (Lipinski definition) is 1. The molecule has 2 aromatic carbocycles. The molecule has 1 aliphatic rings. The molecule has 6 heteroatoms. The summed E-state index contributed by atoms with van der Waals surface area (Å²) in [4.78, 5) is 36.3. The van der Waals surface area contributed by atoms with Crippen LogP contribution in [0.1, 0.15) is 50.7 Å². The van der Waals surface area contributed by atoms with E-state index in [1.54, 1.807) is 0 Å². The van der Waals surface area contributed by atoms with Gasteiger partial charge in [-0.1, -0.05) is 57.0 Å². The molecule has 37 heavy (non-hydrogen) atoms. The molecule has 1 fully saturated rings. The van der Waals surface area contributed by atoms with Gasteiger partial charge in [0, 0.05) is 62.4 Å². The Morgan fingerprint density at radius 1 is 0.973 bits per heavy atom. The number of hydrogen-bond acceptors (Lipinski definition) is 3. The average molecular weight is 503 g/mol. The van der Waals surface area contributed by atoms with Gasteiger partial charge in [-0.3, -0.25) is 9.59 Å². The van der Waals surface area contributed by atoms with Crippen molar-refractivity contribution < 1.29 is 9.59 Å². The molecule has 0 radical (unpaired) electrons. The minimum atomic E-state index is 0.0172. The summed E-state index contributed by atoms with van der Waals surface area (Å²) in [6, 6.07) is 16.6. The van der Waals surface area contributed by atoms with Crippen molar-refractivity contribution in [1.29, 1.82) is 0 Å². The molecule has 0 unspecified atom stereocenters. The number of aromatic amines is 1.